The molecule has 0 aliphatic heterocycles. The van der Waals surface area contributed by atoms with Gasteiger partial charge in [-0.2, -0.15) is 0 Å². The van der Waals surface area contributed by atoms with Gasteiger partial charge in [0.2, 0.25) is 0 Å². The number of benzene rings is 1. The SMILES string of the molecule is C[C@H](O)c1ccc(Oc2ccc(I)cc2)cn1. The van der Waals surface area contributed by atoms with E-state index in [-0.39, 0.29) is 0 Å². The molecule has 0 amide bonds. The minimum Gasteiger partial charge on any atom is -0.456 e. The Labute approximate surface area is 114 Å². The topological polar surface area (TPSA) is 42.4 Å². The highest BCUT2D eigenvalue weighted by Gasteiger charge is 2.03. The van der Waals surface area contributed by atoms with Crippen LogP contribution in [0.15, 0.2) is 42.6 Å². The lowest BCUT2D eigenvalue weighted by Gasteiger charge is -2.07. The smallest absolute Gasteiger partial charge is 0.145 e. The van der Waals surface area contributed by atoms with Crippen LogP contribution in [0, 0.1) is 3.57 Å². The van der Waals surface area contributed by atoms with Crippen molar-refractivity contribution >= 4 is 22.6 Å². The molecule has 1 atom stereocenters. The van der Waals surface area contributed by atoms with Crippen LogP contribution in [0.2, 0.25) is 0 Å². The summed E-state index contributed by atoms with van der Waals surface area (Å²) in [5.74, 6) is 1.44. The molecule has 0 fully saturated rings. The fraction of sp³-hybridized carbons (Fsp3) is 0.154. The molecule has 17 heavy (non-hydrogen) atoms. The Morgan fingerprint density at radius 1 is 1.12 bits per heavy atom. The predicted octanol–water partition coefficient (Wildman–Crippen LogP) is 3.53. The number of aliphatic hydroxyl groups excluding tert-OH is 1. The average Bonchev–Trinajstić information content (AvgIpc) is 2.33. The minimum absolute atomic E-state index is 0.553. The first-order valence-electron chi connectivity index (χ1n) is 5.22. The first-order chi connectivity index (χ1) is 8.15. The van der Waals surface area contributed by atoms with Gasteiger partial charge in [-0.15, -0.1) is 0 Å². The number of nitrogens with zero attached hydrogens (tertiary/aromatic N) is 1. The molecular formula is C13H12INO2. The van der Waals surface area contributed by atoms with E-state index in [0.717, 1.165) is 9.32 Å². The van der Waals surface area contributed by atoms with E-state index in [4.69, 9.17) is 4.74 Å². The summed E-state index contributed by atoms with van der Waals surface area (Å²) in [6, 6.07) is 11.3. The lowest BCUT2D eigenvalue weighted by Crippen LogP contribution is -1.95. The lowest BCUT2D eigenvalue weighted by molar-refractivity contribution is 0.194. The van der Waals surface area contributed by atoms with Gasteiger partial charge in [0.1, 0.15) is 11.5 Å². The van der Waals surface area contributed by atoms with E-state index in [1.165, 1.54) is 0 Å². The van der Waals surface area contributed by atoms with Gasteiger partial charge in [-0.3, -0.25) is 4.98 Å². The minimum atomic E-state index is -0.553. The zero-order valence-electron chi connectivity index (χ0n) is 9.30. The van der Waals surface area contributed by atoms with E-state index in [0.29, 0.717) is 11.4 Å². The van der Waals surface area contributed by atoms with Crippen LogP contribution < -0.4 is 4.74 Å². The summed E-state index contributed by atoms with van der Waals surface area (Å²) in [7, 11) is 0. The van der Waals surface area contributed by atoms with Crippen molar-refractivity contribution in [2.75, 3.05) is 0 Å². The molecule has 2 aromatic rings. The van der Waals surface area contributed by atoms with E-state index >= 15 is 0 Å². The third kappa shape index (κ3) is 3.41. The summed E-state index contributed by atoms with van der Waals surface area (Å²) < 4.78 is 6.78. The second-order valence-electron chi connectivity index (χ2n) is 3.65. The Kier molecular flexibility index (Phi) is 3.96. The summed E-state index contributed by atoms with van der Waals surface area (Å²) in [6.45, 7) is 1.68. The van der Waals surface area contributed by atoms with Gasteiger partial charge in [0.05, 0.1) is 18.0 Å². The standard InChI is InChI=1S/C13H12INO2/c1-9(16)13-7-6-12(8-15-13)17-11-4-2-10(14)3-5-11/h2-9,16H,1H3/t9-/m0/s1. The van der Waals surface area contributed by atoms with Crippen LogP contribution in [0.3, 0.4) is 0 Å². The Morgan fingerprint density at radius 2 is 1.76 bits per heavy atom. The Hall–Kier alpha value is -1.14. The third-order valence-corrected chi connectivity index (χ3v) is 2.96. The molecule has 0 radical (unpaired) electrons. The van der Waals surface area contributed by atoms with E-state index in [1.54, 1.807) is 25.3 Å². The fourth-order valence-corrected chi connectivity index (χ4v) is 1.70. The molecule has 0 unspecified atom stereocenters. The molecule has 0 aliphatic rings. The molecule has 1 heterocycles. The van der Waals surface area contributed by atoms with Gasteiger partial charge in [0.15, 0.2) is 0 Å². The van der Waals surface area contributed by atoms with Crippen molar-refractivity contribution in [3.05, 3.63) is 51.9 Å². The molecule has 1 aromatic carbocycles. The lowest BCUT2D eigenvalue weighted by atomic mass is 10.2. The number of halogens is 1. The fourth-order valence-electron chi connectivity index (χ4n) is 1.34. The molecule has 0 saturated carbocycles. The number of aromatic nitrogens is 1. The van der Waals surface area contributed by atoms with Crippen molar-refractivity contribution in [3.8, 4) is 11.5 Å². The summed E-state index contributed by atoms with van der Waals surface area (Å²) in [4.78, 5) is 4.12. The zero-order valence-corrected chi connectivity index (χ0v) is 11.5. The molecule has 0 saturated heterocycles. The molecule has 88 valence electrons. The maximum atomic E-state index is 9.33. The Bertz CT molecular complexity index is 480. The van der Waals surface area contributed by atoms with Gasteiger partial charge < -0.3 is 9.84 Å². The summed E-state index contributed by atoms with van der Waals surface area (Å²) in [5, 5.41) is 9.33. The predicted molar refractivity (Wildman–Crippen MR) is 74.1 cm³/mol. The van der Waals surface area contributed by atoms with Crippen molar-refractivity contribution in [3.63, 3.8) is 0 Å². The van der Waals surface area contributed by atoms with Gasteiger partial charge >= 0.3 is 0 Å². The molecule has 1 aromatic heterocycles. The van der Waals surface area contributed by atoms with E-state index in [9.17, 15) is 5.11 Å². The van der Waals surface area contributed by atoms with E-state index in [1.807, 2.05) is 24.3 Å². The quantitative estimate of drug-likeness (QED) is 0.869. The molecular weight excluding hydrogens is 329 g/mol. The Balaban J connectivity index is 2.11. The molecule has 3 nitrogen and oxygen atoms in total. The highest BCUT2D eigenvalue weighted by atomic mass is 127. The number of pyridine rings is 1. The van der Waals surface area contributed by atoms with Crippen molar-refractivity contribution in [1.82, 2.24) is 4.98 Å². The molecule has 0 spiro atoms. The largest absolute Gasteiger partial charge is 0.456 e. The van der Waals surface area contributed by atoms with Crippen molar-refractivity contribution in [2.45, 2.75) is 13.0 Å². The van der Waals surface area contributed by atoms with Crippen LogP contribution >= 0.6 is 22.6 Å². The molecule has 2 rings (SSSR count). The zero-order chi connectivity index (χ0) is 12.3. The Morgan fingerprint density at radius 3 is 2.29 bits per heavy atom. The van der Waals surface area contributed by atoms with Crippen LogP contribution in [0.4, 0.5) is 0 Å². The molecule has 1 N–H and O–H groups in total. The average molecular weight is 341 g/mol. The molecule has 0 bridgehead atoms. The van der Waals surface area contributed by atoms with Crippen molar-refractivity contribution in [2.24, 2.45) is 0 Å². The number of hydrogen-bond acceptors (Lipinski definition) is 3. The van der Waals surface area contributed by atoms with E-state index in [2.05, 4.69) is 27.6 Å². The highest BCUT2D eigenvalue weighted by Crippen LogP contribution is 2.22. The highest BCUT2D eigenvalue weighted by molar-refractivity contribution is 14.1. The van der Waals surface area contributed by atoms with Crippen LogP contribution in [0.25, 0.3) is 0 Å². The maximum absolute atomic E-state index is 9.33. The number of hydrogen-bond donors (Lipinski definition) is 1. The number of rotatable bonds is 3. The van der Waals surface area contributed by atoms with Crippen LogP contribution in [0.5, 0.6) is 11.5 Å². The normalized spacial score (nSPS) is 12.2. The summed E-state index contributed by atoms with van der Waals surface area (Å²) in [5.41, 5.74) is 0.639. The van der Waals surface area contributed by atoms with Crippen LogP contribution in [-0.2, 0) is 0 Å². The maximum Gasteiger partial charge on any atom is 0.145 e. The summed E-state index contributed by atoms with van der Waals surface area (Å²) in [6.07, 6.45) is 1.06. The second kappa shape index (κ2) is 5.46. The van der Waals surface area contributed by atoms with Crippen LogP contribution in [-0.4, -0.2) is 10.1 Å². The molecule has 0 aliphatic carbocycles. The van der Waals surface area contributed by atoms with Gasteiger partial charge in [-0.05, 0) is 65.9 Å². The first kappa shape index (κ1) is 12.3. The van der Waals surface area contributed by atoms with Gasteiger partial charge in [0, 0.05) is 3.57 Å². The number of ether oxygens (including phenoxy) is 1. The van der Waals surface area contributed by atoms with Gasteiger partial charge in [0.25, 0.3) is 0 Å². The van der Waals surface area contributed by atoms with Gasteiger partial charge in [-0.1, -0.05) is 0 Å². The third-order valence-electron chi connectivity index (χ3n) is 2.24. The van der Waals surface area contributed by atoms with Crippen molar-refractivity contribution < 1.29 is 9.84 Å². The first-order valence-corrected chi connectivity index (χ1v) is 6.30. The van der Waals surface area contributed by atoms with Crippen LogP contribution in [0.1, 0.15) is 18.7 Å². The van der Waals surface area contributed by atoms with E-state index < -0.39 is 6.10 Å². The monoisotopic (exact) mass is 341 g/mol. The molecule has 4 heteroatoms. The van der Waals surface area contributed by atoms with Gasteiger partial charge in [-0.25, -0.2) is 0 Å². The second-order valence-corrected chi connectivity index (χ2v) is 4.90. The van der Waals surface area contributed by atoms with Crippen molar-refractivity contribution in [1.29, 1.82) is 0 Å². The summed E-state index contributed by atoms with van der Waals surface area (Å²) >= 11 is 2.24. The number of aliphatic hydroxyl groups is 1.